The molecule has 2 unspecified atom stereocenters. The zero-order valence-corrected chi connectivity index (χ0v) is 12.8. The van der Waals surface area contributed by atoms with Crippen LogP contribution >= 0.6 is 27.5 Å². The van der Waals surface area contributed by atoms with Crippen LogP contribution in [0.4, 0.5) is 0 Å². The van der Waals surface area contributed by atoms with Crippen LogP contribution in [0.3, 0.4) is 0 Å². The second kappa shape index (κ2) is 7.64. The number of nitrogens with one attached hydrogen (secondary N) is 1. The fourth-order valence-electron chi connectivity index (χ4n) is 1.57. The van der Waals surface area contributed by atoms with Gasteiger partial charge in [0.15, 0.2) is 6.61 Å². The minimum absolute atomic E-state index is 0.00134. The van der Waals surface area contributed by atoms with Crippen molar-refractivity contribution in [2.45, 2.75) is 31.1 Å². The molecule has 0 spiro atoms. The zero-order chi connectivity index (χ0) is 13.5. The van der Waals surface area contributed by atoms with Crippen molar-refractivity contribution in [3.05, 3.63) is 29.3 Å². The summed E-state index contributed by atoms with van der Waals surface area (Å²) >= 11 is 9.27. The summed E-state index contributed by atoms with van der Waals surface area (Å²) in [5.74, 6) is 0.467. The predicted octanol–water partition coefficient (Wildman–Crippen LogP) is 3.40. The highest BCUT2D eigenvalue weighted by Crippen LogP contribution is 2.16. The summed E-state index contributed by atoms with van der Waals surface area (Å²) in [4.78, 5) is 12.0. The van der Waals surface area contributed by atoms with Crippen molar-refractivity contribution < 1.29 is 9.53 Å². The number of hydrogen-bond donors (Lipinski definition) is 1. The molecule has 0 bridgehead atoms. The molecule has 100 valence electrons. The Labute approximate surface area is 121 Å². The zero-order valence-electron chi connectivity index (χ0n) is 10.5. The Balaban J connectivity index is 2.33. The largest absolute Gasteiger partial charge is 0.484 e. The van der Waals surface area contributed by atoms with Gasteiger partial charge in [-0.25, -0.2) is 0 Å². The maximum Gasteiger partial charge on any atom is 0.258 e. The molecule has 0 fully saturated rings. The number of halogens is 2. The Kier molecular flexibility index (Phi) is 6.50. The van der Waals surface area contributed by atoms with Gasteiger partial charge in [0.05, 0.1) is 0 Å². The van der Waals surface area contributed by atoms with Crippen molar-refractivity contribution in [1.82, 2.24) is 5.32 Å². The van der Waals surface area contributed by atoms with E-state index in [0.717, 1.165) is 6.42 Å². The first-order valence-electron chi connectivity index (χ1n) is 5.79. The molecule has 1 aromatic carbocycles. The van der Waals surface area contributed by atoms with Gasteiger partial charge in [-0.2, -0.15) is 0 Å². The first kappa shape index (κ1) is 15.3. The summed E-state index contributed by atoms with van der Waals surface area (Å²) in [6.45, 7) is 4.02. The Bertz CT molecular complexity index is 398. The predicted molar refractivity (Wildman–Crippen MR) is 77.6 cm³/mol. The molecule has 0 saturated heterocycles. The van der Waals surface area contributed by atoms with E-state index in [0.29, 0.717) is 15.6 Å². The van der Waals surface area contributed by atoms with Crippen LogP contribution in [0, 0.1) is 0 Å². The monoisotopic (exact) mass is 333 g/mol. The Hall–Kier alpha value is -0.740. The maximum absolute atomic E-state index is 11.6. The first-order valence-corrected chi connectivity index (χ1v) is 7.08. The van der Waals surface area contributed by atoms with E-state index in [4.69, 9.17) is 16.3 Å². The summed E-state index contributed by atoms with van der Waals surface area (Å²) in [7, 11) is 0. The van der Waals surface area contributed by atoms with E-state index >= 15 is 0 Å². The van der Waals surface area contributed by atoms with Crippen LogP contribution in [0.15, 0.2) is 24.3 Å². The van der Waals surface area contributed by atoms with Crippen molar-refractivity contribution in [3.63, 3.8) is 0 Å². The molecular weight excluding hydrogens is 318 g/mol. The maximum atomic E-state index is 11.6. The van der Waals surface area contributed by atoms with Gasteiger partial charge in [-0.1, -0.05) is 40.5 Å². The molecule has 1 N–H and O–H groups in total. The minimum Gasteiger partial charge on any atom is -0.484 e. The lowest BCUT2D eigenvalue weighted by molar-refractivity contribution is -0.123. The summed E-state index contributed by atoms with van der Waals surface area (Å²) in [5, 5.41) is 3.46. The average molecular weight is 335 g/mol. The van der Waals surface area contributed by atoms with Gasteiger partial charge in [0, 0.05) is 15.9 Å². The highest BCUT2D eigenvalue weighted by Gasteiger charge is 2.10. The molecule has 1 amide bonds. The number of alkyl halides is 1. The minimum atomic E-state index is -0.129. The van der Waals surface area contributed by atoms with Gasteiger partial charge < -0.3 is 10.1 Å². The average Bonchev–Trinajstić information content (AvgIpc) is 2.25. The van der Waals surface area contributed by atoms with E-state index in [9.17, 15) is 4.79 Å². The molecule has 0 saturated carbocycles. The van der Waals surface area contributed by atoms with E-state index in [-0.39, 0.29) is 18.6 Å². The van der Waals surface area contributed by atoms with E-state index < -0.39 is 0 Å². The number of rotatable bonds is 6. The van der Waals surface area contributed by atoms with E-state index in [1.165, 1.54) is 0 Å². The molecule has 18 heavy (non-hydrogen) atoms. The molecule has 0 aliphatic rings. The molecule has 3 nitrogen and oxygen atoms in total. The highest BCUT2D eigenvalue weighted by molar-refractivity contribution is 9.09. The van der Waals surface area contributed by atoms with Gasteiger partial charge in [-0.3, -0.25) is 4.79 Å². The normalized spacial score (nSPS) is 13.8. The summed E-state index contributed by atoms with van der Waals surface area (Å²) in [6.07, 6.45) is 0.878. The van der Waals surface area contributed by atoms with E-state index in [1.807, 2.05) is 13.8 Å². The number of hydrogen-bond acceptors (Lipinski definition) is 2. The van der Waals surface area contributed by atoms with Crippen molar-refractivity contribution in [2.24, 2.45) is 0 Å². The van der Waals surface area contributed by atoms with Gasteiger partial charge >= 0.3 is 0 Å². The molecule has 0 aliphatic carbocycles. The van der Waals surface area contributed by atoms with Gasteiger partial charge in [-0.15, -0.1) is 0 Å². The van der Waals surface area contributed by atoms with Crippen molar-refractivity contribution in [1.29, 1.82) is 0 Å². The van der Waals surface area contributed by atoms with Crippen LogP contribution in [0.5, 0.6) is 5.75 Å². The fourth-order valence-corrected chi connectivity index (χ4v) is 2.31. The second-order valence-electron chi connectivity index (χ2n) is 4.23. The molecule has 2 atom stereocenters. The molecule has 0 aliphatic heterocycles. The molecule has 0 aromatic heterocycles. The van der Waals surface area contributed by atoms with Gasteiger partial charge in [-0.05, 0) is 31.5 Å². The van der Waals surface area contributed by atoms with E-state index in [1.54, 1.807) is 24.3 Å². The first-order chi connectivity index (χ1) is 8.47. The van der Waals surface area contributed by atoms with Gasteiger partial charge in [0.1, 0.15) is 5.75 Å². The smallest absolute Gasteiger partial charge is 0.258 e. The third-order valence-corrected chi connectivity index (χ3v) is 2.86. The fraction of sp³-hybridized carbons (Fsp3) is 0.462. The van der Waals surface area contributed by atoms with E-state index in [2.05, 4.69) is 21.2 Å². The van der Waals surface area contributed by atoms with Gasteiger partial charge in [0.2, 0.25) is 0 Å². The molecule has 0 heterocycles. The lowest BCUT2D eigenvalue weighted by Crippen LogP contribution is -2.37. The van der Waals surface area contributed by atoms with Crippen molar-refractivity contribution in [3.8, 4) is 5.75 Å². The molecule has 0 radical (unpaired) electrons. The lowest BCUT2D eigenvalue weighted by atomic mass is 10.2. The lowest BCUT2D eigenvalue weighted by Gasteiger charge is -2.15. The standard InChI is InChI=1S/C13H17BrClNO2/c1-9(14)6-10(2)16-13(17)8-18-12-5-3-4-11(15)7-12/h3-5,7,9-10H,6,8H2,1-2H3,(H,16,17). The van der Waals surface area contributed by atoms with Crippen LogP contribution in [0.2, 0.25) is 5.02 Å². The van der Waals surface area contributed by atoms with Crippen molar-refractivity contribution >= 4 is 33.4 Å². The number of carbonyl (C=O) groups is 1. The summed E-state index contributed by atoms with van der Waals surface area (Å²) in [5.41, 5.74) is 0. The Morgan fingerprint density at radius 2 is 2.22 bits per heavy atom. The molecule has 1 rings (SSSR count). The molecule has 5 heteroatoms. The Morgan fingerprint density at radius 3 is 2.83 bits per heavy atom. The third kappa shape index (κ3) is 6.26. The number of carbonyl (C=O) groups excluding carboxylic acids is 1. The van der Waals surface area contributed by atoms with Crippen LogP contribution < -0.4 is 10.1 Å². The number of benzene rings is 1. The quantitative estimate of drug-likeness (QED) is 0.810. The number of amides is 1. The van der Waals surface area contributed by atoms with Crippen LogP contribution in [0.1, 0.15) is 20.3 Å². The summed E-state index contributed by atoms with van der Waals surface area (Å²) in [6, 6.07) is 7.11. The number of ether oxygens (including phenoxy) is 1. The van der Waals surface area contributed by atoms with Crippen LogP contribution in [0.25, 0.3) is 0 Å². The second-order valence-corrected chi connectivity index (χ2v) is 6.23. The Morgan fingerprint density at radius 1 is 1.50 bits per heavy atom. The summed E-state index contributed by atoms with van der Waals surface area (Å²) < 4.78 is 5.35. The topological polar surface area (TPSA) is 38.3 Å². The van der Waals surface area contributed by atoms with Crippen LogP contribution in [-0.4, -0.2) is 23.4 Å². The third-order valence-electron chi connectivity index (χ3n) is 2.25. The highest BCUT2D eigenvalue weighted by atomic mass is 79.9. The van der Waals surface area contributed by atoms with Crippen molar-refractivity contribution in [2.75, 3.05) is 6.61 Å². The molecule has 1 aromatic rings. The molecular formula is C13H17BrClNO2. The van der Waals surface area contributed by atoms with Gasteiger partial charge in [0.25, 0.3) is 5.91 Å². The SMILES string of the molecule is CC(Br)CC(C)NC(=O)COc1cccc(Cl)c1. The van der Waals surface area contributed by atoms with Crippen LogP contribution in [-0.2, 0) is 4.79 Å².